The Labute approximate surface area is 207 Å². The number of alkyl halides is 6. The van der Waals surface area contributed by atoms with Crippen molar-refractivity contribution in [3.63, 3.8) is 0 Å². The van der Waals surface area contributed by atoms with Crippen LogP contribution in [0.3, 0.4) is 0 Å². The molecule has 0 aliphatic rings. The van der Waals surface area contributed by atoms with Crippen molar-refractivity contribution in [2.45, 2.75) is 24.9 Å². The van der Waals surface area contributed by atoms with Crippen molar-refractivity contribution in [1.82, 2.24) is 10.3 Å². The van der Waals surface area contributed by atoms with Crippen molar-refractivity contribution in [1.29, 1.82) is 0 Å². The third-order valence-corrected chi connectivity index (χ3v) is 5.26. The van der Waals surface area contributed by atoms with Crippen molar-refractivity contribution >= 4 is 12.0 Å². The lowest BCUT2D eigenvalue weighted by atomic mass is 10.00. The van der Waals surface area contributed by atoms with Crippen molar-refractivity contribution in [2.24, 2.45) is 0 Å². The lowest BCUT2D eigenvalue weighted by Crippen LogP contribution is -2.29. The Morgan fingerprint density at radius 2 is 1.59 bits per heavy atom. The number of aromatic amines is 1. The zero-order chi connectivity index (χ0) is 27.1. The van der Waals surface area contributed by atoms with Crippen LogP contribution >= 0.6 is 0 Å². The average Bonchev–Trinajstić information content (AvgIpc) is 2.84. The lowest BCUT2D eigenvalue weighted by molar-refractivity contribution is -0.143. The quantitative estimate of drug-likeness (QED) is 0.285. The molecule has 0 fully saturated rings. The van der Waals surface area contributed by atoms with Gasteiger partial charge in [0.05, 0.1) is 24.3 Å². The average molecular weight is 524 g/mol. The summed E-state index contributed by atoms with van der Waals surface area (Å²) in [6.45, 7) is -0.495. The highest BCUT2D eigenvalue weighted by atomic mass is 19.4. The first-order valence-electron chi connectivity index (χ1n) is 11.0. The van der Waals surface area contributed by atoms with Gasteiger partial charge < -0.3 is 15.0 Å². The number of ether oxygens (including phenoxy) is 1. The van der Waals surface area contributed by atoms with E-state index in [1.54, 1.807) is 36.4 Å². The van der Waals surface area contributed by atoms with Crippen molar-refractivity contribution in [3.05, 3.63) is 111 Å². The van der Waals surface area contributed by atoms with E-state index in [1.807, 2.05) is 0 Å². The second kappa shape index (κ2) is 11.9. The fraction of sp³-hybridized carbons (Fsp3) is 0.231. The second-order valence-corrected chi connectivity index (χ2v) is 8.10. The van der Waals surface area contributed by atoms with Gasteiger partial charge in [-0.1, -0.05) is 30.3 Å². The van der Waals surface area contributed by atoms with E-state index < -0.39 is 41.9 Å². The molecule has 0 saturated carbocycles. The highest BCUT2D eigenvalue weighted by Crippen LogP contribution is 2.36. The molecule has 0 aliphatic heterocycles. The topological polar surface area (TPSA) is 71.2 Å². The van der Waals surface area contributed by atoms with E-state index >= 15 is 0 Å². The molecule has 3 rings (SSSR count). The summed E-state index contributed by atoms with van der Waals surface area (Å²) in [4.78, 5) is 26.0. The van der Waals surface area contributed by atoms with Crippen LogP contribution in [0.2, 0.25) is 0 Å². The molecule has 1 aromatic heterocycles. The minimum atomic E-state index is -4.95. The number of rotatable bonds is 9. The fourth-order valence-electron chi connectivity index (χ4n) is 3.44. The van der Waals surface area contributed by atoms with Crippen LogP contribution in [-0.2, 0) is 28.5 Å². The molecule has 1 unspecified atom stereocenters. The Hall–Kier alpha value is -3.86. The number of nitrogens with one attached hydrogen (secondary N) is 2. The number of pyridine rings is 1. The molecule has 1 atom stereocenters. The van der Waals surface area contributed by atoms with Crippen LogP contribution in [0.4, 0.5) is 26.3 Å². The number of benzene rings is 2. The number of hydrogen-bond donors (Lipinski definition) is 2. The maximum Gasteiger partial charge on any atom is 0.416 e. The van der Waals surface area contributed by atoms with Gasteiger partial charge in [-0.2, -0.15) is 26.3 Å². The van der Waals surface area contributed by atoms with Gasteiger partial charge in [0, 0.05) is 30.8 Å². The van der Waals surface area contributed by atoms with E-state index in [-0.39, 0.29) is 30.3 Å². The Morgan fingerprint density at radius 1 is 0.946 bits per heavy atom. The Bertz CT molecular complexity index is 1250. The van der Waals surface area contributed by atoms with Crippen LogP contribution in [0.1, 0.15) is 33.7 Å². The molecule has 0 saturated heterocycles. The van der Waals surface area contributed by atoms with E-state index in [4.69, 9.17) is 4.74 Å². The molecule has 0 aliphatic carbocycles. The normalized spacial score (nSPS) is 13.0. The van der Waals surface area contributed by atoms with Gasteiger partial charge in [0.25, 0.3) is 0 Å². The summed E-state index contributed by atoms with van der Waals surface area (Å²) in [5.74, 6) is -0.903. The molecule has 0 spiro atoms. The Balaban J connectivity index is 1.68. The van der Waals surface area contributed by atoms with Crippen LogP contribution in [0.25, 0.3) is 6.08 Å². The monoisotopic (exact) mass is 524 g/mol. The SMILES string of the molecule is O=C(/C=C/c1cc[nH]c(=O)c1)NCC(COCc1cc(C(F)(F)F)cc(C(F)(F)F)c1)c1ccccc1. The first kappa shape index (κ1) is 27.7. The van der Waals surface area contributed by atoms with Gasteiger partial charge in [0.15, 0.2) is 0 Å². The Morgan fingerprint density at radius 3 is 2.19 bits per heavy atom. The summed E-state index contributed by atoms with van der Waals surface area (Å²) in [6, 6.07) is 13.0. The largest absolute Gasteiger partial charge is 0.416 e. The standard InChI is InChI=1S/C26H22F6N2O3/c27-25(28,29)21-10-18(11-22(13-21)26(30,31)32)15-37-16-20(19-4-2-1-3-5-19)14-34-23(35)7-6-17-8-9-33-24(36)12-17/h1-13,20H,14-16H2,(H,33,36)(H,34,35)/b7-6+. The summed E-state index contributed by atoms with van der Waals surface area (Å²) >= 11 is 0. The fourth-order valence-corrected chi connectivity index (χ4v) is 3.44. The summed E-state index contributed by atoms with van der Waals surface area (Å²) in [5, 5.41) is 2.68. The van der Waals surface area contributed by atoms with Gasteiger partial charge in [-0.25, -0.2) is 0 Å². The number of H-pyrrole nitrogens is 1. The molecule has 196 valence electrons. The summed E-state index contributed by atoms with van der Waals surface area (Å²) in [6.07, 6.45) is -5.78. The minimum Gasteiger partial charge on any atom is -0.376 e. The third-order valence-electron chi connectivity index (χ3n) is 5.26. The van der Waals surface area contributed by atoms with E-state index in [0.717, 1.165) is 5.56 Å². The van der Waals surface area contributed by atoms with Gasteiger partial charge in [0.1, 0.15) is 0 Å². The maximum atomic E-state index is 13.1. The Kier molecular flexibility index (Phi) is 8.93. The van der Waals surface area contributed by atoms with Crippen LogP contribution in [0.15, 0.2) is 77.7 Å². The number of halogens is 6. The summed E-state index contributed by atoms with van der Waals surface area (Å²) in [5.41, 5.74) is -2.17. The smallest absolute Gasteiger partial charge is 0.376 e. The molecular weight excluding hydrogens is 502 g/mol. The van der Waals surface area contributed by atoms with Gasteiger partial charge in [-0.05, 0) is 47.0 Å². The number of amides is 1. The lowest BCUT2D eigenvalue weighted by Gasteiger charge is -2.19. The zero-order valence-electron chi connectivity index (χ0n) is 19.2. The van der Waals surface area contributed by atoms with E-state index in [1.165, 1.54) is 24.4 Å². The van der Waals surface area contributed by atoms with Crippen LogP contribution in [0.5, 0.6) is 0 Å². The van der Waals surface area contributed by atoms with Crippen LogP contribution in [-0.4, -0.2) is 24.0 Å². The second-order valence-electron chi connectivity index (χ2n) is 8.10. The van der Waals surface area contributed by atoms with E-state index in [0.29, 0.717) is 17.7 Å². The number of aromatic nitrogens is 1. The van der Waals surface area contributed by atoms with Crippen molar-refractivity contribution in [2.75, 3.05) is 13.2 Å². The highest BCUT2D eigenvalue weighted by Gasteiger charge is 2.36. The van der Waals surface area contributed by atoms with Crippen molar-refractivity contribution in [3.8, 4) is 0 Å². The van der Waals surface area contributed by atoms with Gasteiger partial charge in [0.2, 0.25) is 11.5 Å². The van der Waals surface area contributed by atoms with Crippen molar-refractivity contribution < 1.29 is 35.9 Å². The van der Waals surface area contributed by atoms with E-state index in [9.17, 15) is 35.9 Å². The first-order chi connectivity index (χ1) is 17.4. The predicted octanol–water partition coefficient (Wildman–Crippen LogP) is 5.54. The molecule has 2 aromatic carbocycles. The zero-order valence-corrected chi connectivity index (χ0v) is 19.2. The third kappa shape index (κ3) is 8.64. The molecule has 0 radical (unpaired) electrons. The van der Waals surface area contributed by atoms with E-state index in [2.05, 4.69) is 10.3 Å². The molecule has 3 aromatic rings. The molecule has 11 heteroatoms. The summed E-state index contributed by atoms with van der Waals surface area (Å²) in [7, 11) is 0. The summed E-state index contributed by atoms with van der Waals surface area (Å²) < 4.78 is 84.1. The molecule has 37 heavy (non-hydrogen) atoms. The predicted molar refractivity (Wildman–Crippen MR) is 124 cm³/mol. The molecule has 2 N–H and O–H groups in total. The number of carbonyl (C=O) groups excluding carboxylic acids is 1. The molecule has 1 amide bonds. The minimum absolute atomic E-state index is 0.0604. The number of carbonyl (C=O) groups is 1. The number of hydrogen-bond acceptors (Lipinski definition) is 3. The molecule has 0 bridgehead atoms. The first-order valence-corrected chi connectivity index (χ1v) is 11.0. The van der Waals surface area contributed by atoms with Crippen LogP contribution < -0.4 is 10.9 Å². The maximum absolute atomic E-state index is 13.1. The van der Waals surface area contributed by atoms with Gasteiger partial charge >= 0.3 is 12.4 Å². The highest BCUT2D eigenvalue weighted by molar-refractivity contribution is 5.91. The van der Waals surface area contributed by atoms with Crippen LogP contribution in [0, 0.1) is 0 Å². The molecular formula is C26H22F6N2O3. The molecule has 1 heterocycles. The molecule has 5 nitrogen and oxygen atoms in total. The van der Waals surface area contributed by atoms with Gasteiger partial charge in [-0.15, -0.1) is 0 Å². The van der Waals surface area contributed by atoms with Gasteiger partial charge in [-0.3, -0.25) is 9.59 Å².